The minimum Gasteiger partial charge on any atom is -0.480 e. The van der Waals surface area contributed by atoms with Gasteiger partial charge in [0.2, 0.25) is 0 Å². The molecule has 1 unspecified atom stereocenters. The highest BCUT2D eigenvalue weighted by atomic mass is 16.5. The average Bonchev–Trinajstić information content (AvgIpc) is 2.16. The molecule has 0 saturated carbocycles. The van der Waals surface area contributed by atoms with Crippen LogP contribution >= 0.6 is 0 Å². The molecule has 0 aromatic heterocycles. The Bertz CT molecular complexity index is 266. The maximum absolute atomic E-state index is 10.4. The fourth-order valence-electron chi connectivity index (χ4n) is 1.96. The molecule has 0 fully saturated rings. The molecule has 0 aromatic rings. The van der Waals surface area contributed by atoms with E-state index in [0.29, 0.717) is 5.92 Å². The second-order valence-corrected chi connectivity index (χ2v) is 4.81. The van der Waals surface area contributed by atoms with Crippen LogP contribution in [-0.2, 0) is 9.53 Å². The number of carbonyl (C=O) groups is 1. The third-order valence-electron chi connectivity index (χ3n) is 3.19. The van der Waals surface area contributed by atoms with Gasteiger partial charge in [-0.25, -0.2) is 4.79 Å². The van der Waals surface area contributed by atoms with Crippen molar-refractivity contribution in [2.24, 2.45) is 5.92 Å². The predicted molar refractivity (Wildman–Crippen MR) is 58.8 cm³/mol. The zero-order valence-corrected chi connectivity index (χ0v) is 9.75. The van der Waals surface area contributed by atoms with Crippen molar-refractivity contribution in [1.82, 2.24) is 0 Å². The molecule has 0 heterocycles. The van der Waals surface area contributed by atoms with Gasteiger partial charge >= 0.3 is 5.97 Å². The van der Waals surface area contributed by atoms with Crippen LogP contribution in [0.25, 0.3) is 0 Å². The number of carboxylic acid groups (broad SMARTS) is 1. The van der Waals surface area contributed by atoms with Crippen LogP contribution in [0.1, 0.15) is 40.0 Å². The Labute approximate surface area is 91.1 Å². The predicted octanol–water partition coefficient (Wildman–Crippen LogP) is 2.61. The summed E-state index contributed by atoms with van der Waals surface area (Å²) in [4.78, 5) is 10.4. The lowest BCUT2D eigenvalue weighted by Gasteiger charge is -2.35. The molecule has 0 radical (unpaired) electrons. The van der Waals surface area contributed by atoms with E-state index in [2.05, 4.69) is 13.0 Å². The standard InChI is InChI=1S/C12H20O3/c1-9-4-6-10(7-5-9)12(2,3)15-8-11(13)14/h4,10H,5-8H2,1-3H3,(H,13,14). The monoisotopic (exact) mass is 212 g/mol. The summed E-state index contributed by atoms with van der Waals surface area (Å²) in [5, 5.41) is 8.58. The zero-order valence-electron chi connectivity index (χ0n) is 9.75. The fourth-order valence-corrected chi connectivity index (χ4v) is 1.96. The van der Waals surface area contributed by atoms with Crippen molar-refractivity contribution in [3.05, 3.63) is 11.6 Å². The Morgan fingerprint density at radius 1 is 1.67 bits per heavy atom. The quantitative estimate of drug-likeness (QED) is 0.729. The highest BCUT2D eigenvalue weighted by Crippen LogP contribution is 2.33. The van der Waals surface area contributed by atoms with E-state index in [9.17, 15) is 4.79 Å². The van der Waals surface area contributed by atoms with Gasteiger partial charge in [0.05, 0.1) is 5.60 Å². The fraction of sp³-hybridized carbons (Fsp3) is 0.750. The number of ether oxygens (including phenoxy) is 1. The third-order valence-corrected chi connectivity index (χ3v) is 3.19. The summed E-state index contributed by atoms with van der Waals surface area (Å²) in [7, 11) is 0. The first-order valence-electron chi connectivity index (χ1n) is 5.43. The Morgan fingerprint density at radius 2 is 2.33 bits per heavy atom. The molecule has 15 heavy (non-hydrogen) atoms. The summed E-state index contributed by atoms with van der Waals surface area (Å²) in [6.07, 6.45) is 5.43. The summed E-state index contributed by atoms with van der Waals surface area (Å²) in [6.45, 7) is 5.90. The SMILES string of the molecule is CC1=CCC(C(C)(C)OCC(=O)O)CC1. The van der Waals surface area contributed by atoms with Gasteiger partial charge in [0, 0.05) is 0 Å². The largest absolute Gasteiger partial charge is 0.480 e. The van der Waals surface area contributed by atoms with Gasteiger partial charge in [-0.15, -0.1) is 0 Å². The summed E-state index contributed by atoms with van der Waals surface area (Å²) in [5.41, 5.74) is 1.09. The lowest BCUT2D eigenvalue weighted by atomic mass is 9.79. The second kappa shape index (κ2) is 4.79. The van der Waals surface area contributed by atoms with Crippen molar-refractivity contribution >= 4 is 5.97 Å². The van der Waals surface area contributed by atoms with E-state index in [1.165, 1.54) is 5.57 Å². The van der Waals surface area contributed by atoms with Gasteiger partial charge < -0.3 is 9.84 Å². The summed E-state index contributed by atoms with van der Waals surface area (Å²) < 4.78 is 5.44. The number of hydrogen-bond donors (Lipinski definition) is 1. The van der Waals surface area contributed by atoms with Gasteiger partial charge in [-0.05, 0) is 46.0 Å². The molecular formula is C12H20O3. The first kappa shape index (κ1) is 12.2. The van der Waals surface area contributed by atoms with E-state index in [4.69, 9.17) is 9.84 Å². The van der Waals surface area contributed by atoms with Crippen molar-refractivity contribution in [2.45, 2.75) is 45.6 Å². The van der Waals surface area contributed by atoms with Crippen LogP contribution in [0.15, 0.2) is 11.6 Å². The summed E-state index contributed by atoms with van der Waals surface area (Å²) >= 11 is 0. The Hall–Kier alpha value is -0.830. The first-order chi connectivity index (χ1) is 6.92. The maximum atomic E-state index is 10.4. The second-order valence-electron chi connectivity index (χ2n) is 4.81. The molecule has 0 spiro atoms. The summed E-state index contributed by atoms with van der Waals surface area (Å²) in [6, 6.07) is 0. The van der Waals surface area contributed by atoms with E-state index in [-0.39, 0.29) is 12.2 Å². The molecule has 0 bridgehead atoms. The highest BCUT2D eigenvalue weighted by Gasteiger charge is 2.31. The number of carboxylic acids is 1. The molecule has 0 amide bonds. The van der Waals surface area contributed by atoms with E-state index >= 15 is 0 Å². The van der Waals surface area contributed by atoms with Gasteiger partial charge in [-0.3, -0.25) is 0 Å². The van der Waals surface area contributed by atoms with Crippen LogP contribution in [0.5, 0.6) is 0 Å². The van der Waals surface area contributed by atoms with Gasteiger partial charge in [-0.1, -0.05) is 11.6 Å². The zero-order chi connectivity index (χ0) is 11.5. The molecule has 1 atom stereocenters. The molecule has 1 N–H and O–H groups in total. The van der Waals surface area contributed by atoms with Crippen LogP contribution in [0.3, 0.4) is 0 Å². The van der Waals surface area contributed by atoms with Crippen molar-refractivity contribution in [3.63, 3.8) is 0 Å². The molecule has 3 heteroatoms. The van der Waals surface area contributed by atoms with Gasteiger partial charge in [0.25, 0.3) is 0 Å². The van der Waals surface area contributed by atoms with E-state index in [1.807, 2.05) is 13.8 Å². The molecule has 86 valence electrons. The Balaban J connectivity index is 2.50. The lowest BCUT2D eigenvalue weighted by Crippen LogP contribution is -2.37. The molecule has 0 aliphatic heterocycles. The van der Waals surface area contributed by atoms with Crippen LogP contribution in [0.2, 0.25) is 0 Å². The topological polar surface area (TPSA) is 46.5 Å². The van der Waals surface area contributed by atoms with Crippen LogP contribution in [0, 0.1) is 5.92 Å². The van der Waals surface area contributed by atoms with Crippen LogP contribution < -0.4 is 0 Å². The molecule has 1 rings (SSSR count). The first-order valence-corrected chi connectivity index (χ1v) is 5.43. The number of aliphatic carboxylic acids is 1. The molecule has 1 aliphatic rings. The normalized spacial score (nSPS) is 22.3. The summed E-state index contributed by atoms with van der Waals surface area (Å²) in [5.74, 6) is -0.467. The number of allylic oxidation sites excluding steroid dienone is 2. The van der Waals surface area contributed by atoms with E-state index in [1.54, 1.807) is 0 Å². The third kappa shape index (κ3) is 3.67. The van der Waals surface area contributed by atoms with Crippen molar-refractivity contribution in [3.8, 4) is 0 Å². The molecular weight excluding hydrogens is 192 g/mol. The van der Waals surface area contributed by atoms with E-state index in [0.717, 1.165) is 19.3 Å². The van der Waals surface area contributed by atoms with Crippen molar-refractivity contribution < 1.29 is 14.6 Å². The smallest absolute Gasteiger partial charge is 0.329 e. The minimum absolute atomic E-state index is 0.202. The average molecular weight is 212 g/mol. The van der Waals surface area contributed by atoms with Gasteiger partial charge in [0.1, 0.15) is 6.61 Å². The van der Waals surface area contributed by atoms with Gasteiger partial charge in [0.15, 0.2) is 0 Å². The lowest BCUT2D eigenvalue weighted by molar-refractivity contribution is -0.151. The van der Waals surface area contributed by atoms with Crippen LogP contribution in [-0.4, -0.2) is 23.3 Å². The highest BCUT2D eigenvalue weighted by molar-refractivity contribution is 5.68. The minimum atomic E-state index is -0.898. The Kier molecular flexibility index (Phi) is 3.91. The molecule has 0 saturated heterocycles. The van der Waals surface area contributed by atoms with E-state index < -0.39 is 5.97 Å². The molecule has 3 nitrogen and oxygen atoms in total. The molecule has 1 aliphatic carbocycles. The maximum Gasteiger partial charge on any atom is 0.329 e. The van der Waals surface area contributed by atoms with Gasteiger partial charge in [-0.2, -0.15) is 0 Å². The van der Waals surface area contributed by atoms with Crippen LogP contribution in [0.4, 0.5) is 0 Å². The number of rotatable bonds is 4. The Morgan fingerprint density at radius 3 is 2.80 bits per heavy atom. The molecule has 0 aromatic carbocycles. The van der Waals surface area contributed by atoms with Crippen molar-refractivity contribution in [1.29, 1.82) is 0 Å². The number of hydrogen-bond acceptors (Lipinski definition) is 2. The van der Waals surface area contributed by atoms with Crippen molar-refractivity contribution in [2.75, 3.05) is 6.61 Å².